The molecular formula is C16H30N2O3. The summed E-state index contributed by atoms with van der Waals surface area (Å²) in [5, 5.41) is 2.92. The molecule has 122 valence electrons. The maximum atomic E-state index is 12.7. The normalized spacial score (nSPS) is 21.5. The second kappa shape index (κ2) is 8.37. The average Bonchev–Trinajstić information content (AvgIpc) is 2.49. The SMILES string of the molecule is CCCCOCCCN1C(=O)C(CC)(CC)NC(=O)C1C. The molecule has 1 unspecified atom stereocenters. The second-order valence-electron chi connectivity index (χ2n) is 5.77. The Bertz CT molecular complexity index is 353. The van der Waals surface area contributed by atoms with Crippen molar-refractivity contribution in [2.45, 2.75) is 71.4 Å². The molecule has 5 heteroatoms. The van der Waals surface area contributed by atoms with E-state index in [4.69, 9.17) is 4.74 Å². The van der Waals surface area contributed by atoms with Crippen LogP contribution in [-0.2, 0) is 14.3 Å². The molecule has 5 nitrogen and oxygen atoms in total. The zero-order valence-electron chi connectivity index (χ0n) is 13.9. The van der Waals surface area contributed by atoms with E-state index in [-0.39, 0.29) is 17.9 Å². The molecule has 0 aromatic heterocycles. The molecule has 0 saturated carbocycles. The number of unbranched alkanes of at least 4 members (excludes halogenated alkanes) is 1. The van der Waals surface area contributed by atoms with Gasteiger partial charge in [-0.2, -0.15) is 0 Å². The van der Waals surface area contributed by atoms with Crippen molar-refractivity contribution >= 4 is 11.8 Å². The summed E-state index contributed by atoms with van der Waals surface area (Å²) in [5.74, 6) is -0.00152. The number of piperazine rings is 1. The molecule has 0 spiro atoms. The first kappa shape index (κ1) is 18.0. The van der Waals surface area contributed by atoms with E-state index >= 15 is 0 Å². The number of nitrogens with zero attached hydrogens (tertiary/aromatic N) is 1. The Kier molecular flexibility index (Phi) is 7.15. The third-order valence-corrected chi connectivity index (χ3v) is 4.42. The molecule has 1 aliphatic heterocycles. The highest BCUT2D eigenvalue weighted by Gasteiger charge is 2.46. The van der Waals surface area contributed by atoms with Crippen molar-refractivity contribution < 1.29 is 14.3 Å². The predicted octanol–water partition coefficient (Wildman–Crippen LogP) is 2.10. The van der Waals surface area contributed by atoms with Gasteiger partial charge in [0.05, 0.1) is 0 Å². The first-order valence-electron chi connectivity index (χ1n) is 8.23. The van der Waals surface area contributed by atoms with E-state index in [2.05, 4.69) is 12.2 Å². The quantitative estimate of drug-likeness (QED) is 0.663. The number of carbonyl (C=O) groups is 2. The van der Waals surface area contributed by atoms with Crippen LogP contribution in [-0.4, -0.2) is 48.1 Å². The Morgan fingerprint density at radius 3 is 2.33 bits per heavy atom. The van der Waals surface area contributed by atoms with Crippen LogP contribution in [0.5, 0.6) is 0 Å². The molecule has 0 aliphatic carbocycles. The fraction of sp³-hybridized carbons (Fsp3) is 0.875. The van der Waals surface area contributed by atoms with Gasteiger partial charge >= 0.3 is 0 Å². The smallest absolute Gasteiger partial charge is 0.248 e. The van der Waals surface area contributed by atoms with Gasteiger partial charge in [-0.15, -0.1) is 0 Å². The van der Waals surface area contributed by atoms with E-state index < -0.39 is 5.54 Å². The van der Waals surface area contributed by atoms with Gasteiger partial charge in [0.15, 0.2) is 0 Å². The molecule has 1 fully saturated rings. The Hall–Kier alpha value is -1.10. The zero-order chi connectivity index (χ0) is 15.9. The molecule has 1 saturated heterocycles. The average molecular weight is 298 g/mol. The Balaban J connectivity index is 2.57. The number of carbonyl (C=O) groups excluding carboxylic acids is 2. The van der Waals surface area contributed by atoms with Crippen LogP contribution >= 0.6 is 0 Å². The minimum absolute atomic E-state index is 0.0492. The molecule has 1 heterocycles. The molecule has 2 amide bonds. The number of rotatable bonds is 9. The highest BCUT2D eigenvalue weighted by Crippen LogP contribution is 2.25. The summed E-state index contributed by atoms with van der Waals surface area (Å²) < 4.78 is 5.53. The topological polar surface area (TPSA) is 58.6 Å². The van der Waals surface area contributed by atoms with Crippen molar-refractivity contribution in [1.82, 2.24) is 10.2 Å². The van der Waals surface area contributed by atoms with Crippen LogP contribution in [0.15, 0.2) is 0 Å². The van der Waals surface area contributed by atoms with E-state index in [0.29, 0.717) is 26.0 Å². The van der Waals surface area contributed by atoms with Crippen LogP contribution in [0.3, 0.4) is 0 Å². The fourth-order valence-corrected chi connectivity index (χ4v) is 2.70. The Morgan fingerprint density at radius 1 is 1.14 bits per heavy atom. The summed E-state index contributed by atoms with van der Waals surface area (Å²) in [6.45, 7) is 9.82. The molecule has 21 heavy (non-hydrogen) atoms. The van der Waals surface area contributed by atoms with Gasteiger partial charge in [-0.25, -0.2) is 0 Å². The Labute approximate surface area is 128 Å². The molecule has 1 rings (SSSR count). The lowest BCUT2D eigenvalue weighted by Crippen LogP contribution is -2.69. The number of nitrogens with one attached hydrogen (secondary N) is 1. The molecular weight excluding hydrogens is 268 g/mol. The van der Waals surface area contributed by atoms with Crippen LogP contribution in [0.2, 0.25) is 0 Å². The van der Waals surface area contributed by atoms with Crippen LogP contribution in [0, 0.1) is 0 Å². The monoisotopic (exact) mass is 298 g/mol. The first-order valence-corrected chi connectivity index (χ1v) is 8.23. The lowest BCUT2D eigenvalue weighted by atomic mass is 9.87. The summed E-state index contributed by atoms with van der Waals surface area (Å²) in [4.78, 5) is 26.5. The molecule has 0 aromatic rings. The third kappa shape index (κ3) is 4.19. The van der Waals surface area contributed by atoms with Crippen molar-refractivity contribution in [2.24, 2.45) is 0 Å². The standard InChI is InChI=1S/C16H30N2O3/c1-5-8-11-21-12-9-10-18-13(4)14(19)17-16(6-2,7-3)15(18)20/h13H,5-12H2,1-4H3,(H,17,19). The van der Waals surface area contributed by atoms with Gasteiger partial charge in [0, 0.05) is 19.8 Å². The minimum Gasteiger partial charge on any atom is -0.381 e. The van der Waals surface area contributed by atoms with Crippen LogP contribution in [0.1, 0.15) is 59.8 Å². The predicted molar refractivity (Wildman–Crippen MR) is 83.0 cm³/mol. The van der Waals surface area contributed by atoms with E-state index in [1.165, 1.54) is 0 Å². The van der Waals surface area contributed by atoms with E-state index in [0.717, 1.165) is 25.9 Å². The van der Waals surface area contributed by atoms with E-state index in [1.807, 2.05) is 13.8 Å². The number of hydrogen-bond acceptors (Lipinski definition) is 3. The van der Waals surface area contributed by atoms with Crippen molar-refractivity contribution in [1.29, 1.82) is 0 Å². The van der Waals surface area contributed by atoms with Crippen molar-refractivity contribution in [3.8, 4) is 0 Å². The van der Waals surface area contributed by atoms with Gasteiger partial charge in [-0.1, -0.05) is 27.2 Å². The second-order valence-corrected chi connectivity index (χ2v) is 5.77. The van der Waals surface area contributed by atoms with Gasteiger partial charge in [0.2, 0.25) is 11.8 Å². The number of ether oxygens (including phenoxy) is 1. The fourth-order valence-electron chi connectivity index (χ4n) is 2.70. The van der Waals surface area contributed by atoms with E-state index in [1.54, 1.807) is 11.8 Å². The van der Waals surface area contributed by atoms with Crippen molar-refractivity contribution in [3.05, 3.63) is 0 Å². The molecule has 0 aromatic carbocycles. The number of amides is 2. The molecule has 0 bridgehead atoms. The van der Waals surface area contributed by atoms with Gasteiger partial charge < -0.3 is 15.0 Å². The highest BCUT2D eigenvalue weighted by atomic mass is 16.5. The van der Waals surface area contributed by atoms with Crippen LogP contribution in [0.25, 0.3) is 0 Å². The maximum absolute atomic E-state index is 12.7. The maximum Gasteiger partial charge on any atom is 0.248 e. The Morgan fingerprint density at radius 2 is 1.76 bits per heavy atom. The van der Waals surface area contributed by atoms with Crippen LogP contribution < -0.4 is 5.32 Å². The molecule has 1 N–H and O–H groups in total. The lowest BCUT2D eigenvalue weighted by Gasteiger charge is -2.44. The molecule has 1 atom stereocenters. The molecule has 0 radical (unpaired) electrons. The largest absolute Gasteiger partial charge is 0.381 e. The highest BCUT2D eigenvalue weighted by molar-refractivity contribution is 5.99. The summed E-state index contributed by atoms with van der Waals surface area (Å²) >= 11 is 0. The molecule has 1 aliphatic rings. The lowest BCUT2D eigenvalue weighted by molar-refractivity contribution is -0.155. The van der Waals surface area contributed by atoms with Gasteiger partial charge in [0.1, 0.15) is 11.6 Å². The summed E-state index contributed by atoms with van der Waals surface area (Å²) in [6.07, 6.45) is 4.22. The van der Waals surface area contributed by atoms with Crippen LogP contribution in [0.4, 0.5) is 0 Å². The van der Waals surface area contributed by atoms with Crippen molar-refractivity contribution in [3.63, 3.8) is 0 Å². The first-order chi connectivity index (χ1) is 10.0. The van der Waals surface area contributed by atoms with Gasteiger partial charge in [0.25, 0.3) is 0 Å². The summed E-state index contributed by atoms with van der Waals surface area (Å²) in [6, 6.07) is -0.389. The van der Waals surface area contributed by atoms with Crippen molar-refractivity contribution in [2.75, 3.05) is 19.8 Å². The minimum atomic E-state index is -0.716. The van der Waals surface area contributed by atoms with E-state index in [9.17, 15) is 9.59 Å². The summed E-state index contributed by atoms with van der Waals surface area (Å²) in [5.41, 5.74) is -0.716. The van der Waals surface area contributed by atoms with Gasteiger partial charge in [-0.05, 0) is 32.6 Å². The summed E-state index contributed by atoms with van der Waals surface area (Å²) in [7, 11) is 0. The number of hydrogen-bond donors (Lipinski definition) is 1. The van der Waals surface area contributed by atoms with Gasteiger partial charge in [-0.3, -0.25) is 9.59 Å². The zero-order valence-corrected chi connectivity index (χ0v) is 13.9. The third-order valence-electron chi connectivity index (χ3n) is 4.42.